The highest BCUT2D eigenvalue weighted by molar-refractivity contribution is 5.92. The Morgan fingerprint density at radius 1 is 1.47 bits per heavy atom. The molecular weight excluding hydrogens is 262 g/mol. The van der Waals surface area contributed by atoms with Crippen molar-refractivity contribution in [3.63, 3.8) is 0 Å². The van der Waals surface area contributed by atoms with Gasteiger partial charge in [0.15, 0.2) is 0 Å². The number of halogens is 1. The molecular formula is C14H24ClN3O. The van der Waals surface area contributed by atoms with Crippen LogP contribution in [0.1, 0.15) is 42.6 Å². The molecule has 2 rings (SSSR count). The average molecular weight is 286 g/mol. The van der Waals surface area contributed by atoms with E-state index in [1.54, 1.807) is 0 Å². The molecule has 0 bridgehead atoms. The van der Waals surface area contributed by atoms with E-state index in [0.29, 0.717) is 18.2 Å². The number of aryl methyl sites for hydroxylation is 1. The number of hydrogen-bond acceptors (Lipinski definition) is 2. The zero-order valence-corrected chi connectivity index (χ0v) is 12.3. The van der Waals surface area contributed by atoms with Crippen LogP contribution in [0.3, 0.4) is 0 Å². The fourth-order valence-electron chi connectivity index (χ4n) is 2.85. The number of carbonyl (C=O) groups excluding carboxylic acids is 1. The first-order chi connectivity index (χ1) is 8.72. The molecule has 0 radical (unpaired) electrons. The lowest BCUT2D eigenvalue weighted by molar-refractivity contribution is 0.0907. The molecule has 1 saturated carbocycles. The third-order valence-corrected chi connectivity index (χ3v) is 3.97. The van der Waals surface area contributed by atoms with Crippen molar-refractivity contribution in [3.8, 4) is 0 Å². The second-order valence-corrected chi connectivity index (χ2v) is 5.22. The third-order valence-electron chi connectivity index (χ3n) is 3.97. The van der Waals surface area contributed by atoms with E-state index in [2.05, 4.69) is 5.32 Å². The van der Waals surface area contributed by atoms with Gasteiger partial charge in [0.2, 0.25) is 0 Å². The second-order valence-electron chi connectivity index (χ2n) is 5.22. The van der Waals surface area contributed by atoms with Crippen molar-refractivity contribution in [1.29, 1.82) is 0 Å². The number of amides is 1. The molecule has 0 saturated heterocycles. The molecule has 1 unspecified atom stereocenters. The zero-order chi connectivity index (χ0) is 13.0. The fraction of sp³-hybridized carbons (Fsp3) is 0.643. The lowest BCUT2D eigenvalue weighted by atomic mass is 9.84. The van der Waals surface area contributed by atoms with Crippen LogP contribution in [0.2, 0.25) is 0 Å². The Labute approximate surface area is 121 Å². The molecule has 3 N–H and O–H groups in total. The largest absolute Gasteiger partial charge is 0.347 e. The topological polar surface area (TPSA) is 60.0 Å². The van der Waals surface area contributed by atoms with E-state index < -0.39 is 0 Å². The van der Waals surface area contributed by atoms with Crippen molar-refractivity contribution in [2.24, 2.45) is 18.7 Å². The Morgan fingerprint density at radius 3 is 2.68 bits per heavy atom. The SMILES string of the molecule is Cl.Cn1cccc1C(=O)NC(CN)C1CCCCC1. The number of nitrogens with zero attached hydrogens (tertiary/aromatic N) is 1. The van der Waals surface area contributed by atoms with Crippen LogP contribution in [0.15, 0.2) is 18.3 Å². The van der Waals surface area contributed by atoms with Crippen LogP contribution in [0.5, 0.6) is 0 Å². The van der Waals surface area contributed by atoms with Crippen molar-refractivity contribution in [2.75, 3.05) is 6.54 Å². The average Bonchev–Trinajstić information content (AvgIpc) is 2.83. The summed E-state index contributed by atoms with van der Waals surface area (Å²) in [6.07, 6.45) is 8.11. The van der Waals surface area contributed by atoms with Gasteiger partial charge in [-0.15, -0.1) is 12.4 Å². The van der Waals surface area contributed by atoms with Crippen LogP contribution in [0.25, 0.3) is 0 Å². The van der Waals surface area contributed by atoms with Gasteiger partial charge in [-0.05, 0) is 30.9 Å². The quantitative estimate of drug-likeness (QED) is 0.890. The molecule has 108 valence electrons. The van der Waals surface area contributed by atoms with Crippen LogP contribution in [-0.2, 0) is 7.05 Å². The summed E-state index contributed by atoms with van der Waals surface area (Å²) in [7, 11) is 1.88. The highest BCUT2D eigenvalue weighted by Crippen LogP contribution is 2.26. The molecule has 1 amide bonds. The van der Waals surface area contributed by atoms with Gasteiger partial charge in [-0.2, -0.15) is 0 Å². The number of hydrogen-bond donors (Lipinski definition) is 2. The summed E-state index contributed by atoms with van der Waals surface area (Å²) in [4.78, 5) is 12.2. The number of rotatable bonds is 4. The lowest BCUT2D eigenvalue weighted by Gasteiger charge is -2.30. The Balaban J connectivity index is 0.00000180. The second kappa shape index (κ2) is 7.56. The Hall–Kier alpha value is -1.00. The monoisotopic (exact) mass is 285 g/mol. The first-order valence-corrected chi connectivity index (χ1v) is 6.84. The van der Waals surface area contributed by atoms with Gasteiger partial charge in [-0.25, -0.2) is 0 Å². The molecule has 1 aromatic rings. The van der Waals surface area contributed by atoms with E-state index in [1.165, 1.54) is 32.1 Å². The molecule has 1 atom stereocenters. The normalized spacial score (nSPS) is 17.6. The van der Waals surface area contributed by atoms with Crippen molar-refractivity contribution in [1.82, 2.24) is 9.88 Å². The minimum Gasteiger partial charge on any atom is -0.347 e. The maximum atomic E-state index is 12.2. The first kappa shape index (κ1) is 16.1. The molecule has 1 fully saturated rings. The van der Waals surface area contributed by atoms with Crippen LogP contribution in [0.4, 0.5) is 0 Å². The summed E-state index contributed by atoms with van der Waals surface area (Å²) >= 11 is 0. The molecule has 4 nitrogen and oxygen atoms in total. The Morgan fingerprint density at radius 2 is 2.16 bits per heavy atom. The first-order valence-electron chi connectivity index (χ1n) is 6.84. The molecule has 19 heavy (non-hydrogen) atoms. The summed E-state index contributed by atoms with van der Waals surface area (Å²) in [5.41, 5.74) is 6.52. The molecule has 0 aliphatic heterocycles. The predicted molar refractivity (Wildman–Crippen MR) is 79.5 cm³/mol. The van der Waals surface area contributed by atoms with E-state index >= 15 is 0 Å². The summed E-state index contributed by atoms with van der Waals surface area (Å²) in [5.74, 6) is 0.538. The van der Waals surface area contributed by atoms with Gasteiger partial charge >= 0.3 is 0 Å². The van der Waals surface area contributed by atoms with Gasteiger partial charge in [-0.1, -0.05) is 19.3 Å². The molecule has 0 aromatic carbocycles. The van der Waals surface area contributed by atoms with E-state index in [4.69, 9.17) is 5.73 Å². The van der Waals surface area contributed by atoms with Gasteiger partial charge < -0.3 is 15.6 Å². The lowest BCUT2D eigenvalue weighted by Crippen LogP contribution is -2.46. The number of nitrogens with one attached hydrogen (secondary N) is 1. The van der Waals surface area contributed by atoms with Gasteiger partial charge in [0.1, 0.15) is 5.69 Å². The third kappa shape index (κ3) is 3.98. The Kier molecular flexibility index (Phi) is 6.38. The summed E-state index contributed by atoms with van der Waals surface area (Å²) < 4.78 is 1.84. The van der Waals surface area contributed by atoms with Crippen LogP contribution in [0, 0.1) is 5.92 Å². The smallest absolute Gasteiger partial charge is 0.268 e. The highest BCUT2D eigenvalue weighted by Gasteiger charge is 2.24. The van der Waals surface area contributed by atoms with E-state index in [9.17, 15) is 4.79 Å². The number of nitrogens with two attached hydrogens (primary N) is 1. The minimum atomic E-state index is -0.0106. The van der Waals surface area contributed by atoms with Gasteiger partial charge in [0.05, 0.1) is 0 Å². The molecule has 1 aliphatic carbocycles. The number of aromatic nitrogens is 1. The molecule has 1 heterocycles. The molecule has 5 heteroatoms. The molecule has 0 spiro atoms. The Bertz CT molecular complexity index is 399. The standard InChI is InChI=1S/C14H23N3O.ClH/c1-17-9-5-8-13(17)14(18)16-12(10-15)11-6-3-2-4-7-11;/h5,8-9,11-12H,2-4,6-7,10,15H2,1H3,(H,16,18);1H. The molecule has 1 aromatic heterocycles. The fourth-order valence-corrected chi connectivity index (χ4v) is 2.85. The summed E-state index contributed by atoms with van der Waals surface area (Å²) in [6, 6.07) is 3.84. The highest BCUT2D eigenvalue weighted by atomic mass is 35.5. The maximum Gasteiger partial charge on any atom is 0.268 e. The van der Waals surface area contributed by atoms with Gasteiger partial charge in [-0.3, -0.25) is 4.79 Å². The van der Waals surface area contributed by atoms with E-state index in [0.717, 1.165) is 0 Å². The molecule has 1 aliphatic rings. The van der Waals surface area contributed by atoms with Crippen molar-refractivity contribution in [2.45, 2.75) is 38.1 Å². The minimum absolute atomic E-state index is 0. The van der Waals surface area contributed by atoms with Crippen LogP contribution in [-0.4, -0.2) is 23.1 Å². The van der Waals surface area contributed by atoms with Gasteiger partial charge in [0, 0.05) is 25.8 Å². The van der Waals surface area contributed by atoms with Crippen LogP contribution >= 0.6 is 12.4 Å². The summed E-state index contributed by atoms with van der Waals surface area (Å²) in [6.45, 7) is 0.529. The van der Waals surface area contributed by atoms with Gasteiger partial charge in [0.25, 0.3) is 5.91 Å². The summed E-state index contributed by atoms with van der Waals surface area (Å²) in [5, 5.41) is 3.09. The van der Waals surface area contributed by atoms with Crippen molar-refractivity contribution < 1.29 is 4.79 Å². The maximum absolute atomic E-state index is 12.2. The van der Waals surface area contributed by atoms with Crippen molar-refractivity contribution in [3.05, 3.63) is 24.0 Å². The van der Waals surface area contributed by atoms with E-state index in [1.807, 2.05) is 29.9 Å². The van der Waals surface area contributed by atoms with E-state index in [-0.39, 0.29) is 24.4 Å². The van der Waals surface area contributed by atoms with Crippen molar-refractivity contribution >= 4 is 18.3 Å². The zero-order valence-electron chi connectivity index (χ0n) is 11.5. The number of carbonyl (C=O) groups is 1. The predicted octanol–water partition coefficient (Wildman–Crippen LogP) is 2.08. The van der Waals surface area contributed by atoms with Crippen LogP contribution < -0.4 is 11.1 Å².